The molecule has 0 bridgehead atoms. The van der Waals surface area contributed by atoms with Crippen molar-refractivity contribution in [3.05, 3.63) is 29.6 Å². The summed E-state index contributed by atoms with van der Waals surface area (Å²) in [4.78, 5) is 11.4. The molecule has 0 aromatic heterocycles. The van der Waals surface area contributed by atoms with E-state index >= 15 is 0 Å². The van der Waals surface area contributed by atoms with Crippen LogP contribution in [0.15, 0.2) is 18.2 Å². The fourth-order valence-corrected chi connectivity index (χ4v) is 1.03. The molecule has 0 aliphatic rings. The summed E-state index contributed by atoms with van der Waals surface area (Å²) in [5.41, 5.74) is 5.17. The Labute approximate surface area is 88.0 Å². The minimum atomic E-state index is -0.716. The van der Waals surface area contributed by atoms with Crippen LogP contribution in [0.4, 0.5) is 10.1 Å². The van der Waals surface area contributed by atoms with Crippen LogP contribution in [0, 0.1) is 11.7 Å². The number of esters is 1. The van der Waals surface area contributed by atoms with Gasteiger partial charge in [0.2, 0.25) is 0 Å². The minimum absolute atomic E-state index is 0.0472. The van der Waals surface area contributed by atoms with Gasteiger partial charge in [-0.3, -0.25) is 0 Å². The van der Waals surface area contributed by atoms with Gasteiger partial charge in [0.25, 0.3) is 0 Å². The number of anilines is 1. The number of nitrogen functional groups attached to an aromatic ring is 1. The minimum Gasteiger partial charge on any atom is -0.462 e. The summed E-state index contributed by atoms with van der Waals surface area (Å²) >= 11 is 0. The predicted molar refractivity (Wildman–Crippen MR) is 55.9 cm³/mol. The first-order valence-corrected chi connectivity index (χ1v) is 4.73. The Balaban J connectivity index is 2.78. The molecule has 3 nitrogen and oxygen atoms in total. The highest BCUT2D eigenvalue weighted by molar-refractivity contribution is 5.90. The van der Waals surface area contributed by atoms with Crippen molar-refractivity contribution in [3.8, 4) is 0 Å². The normalized spacial score (nSPS) is 10.4. The van der Waals surface area contributed by atoms with Gasteiger partial charge in [0.1, 0.15) is 0 Å². The number of halogens is 1. The van der Waals surface area contributed by atoms with E-state index in [9.17, 15) is 9.18 Å². The molecule has 0 fully saturated rings. The molecule has 1 aromatic carbocycles. The highest BCUT2D eigenvalue weighted by Crippen LogP contribution is 2.15. The first-order chi connectivity index (χ1) is 7.02. The molecule has 82 valence electrons. The van der Waals surface area contributed by atoms with Gasteiger partial charge in [0.15, 0.2) is 5.82 Å². The van der Waals surface area contributed by atoms with Gasteiger partial charge in [0.05, 0.1) is 17.9 Å². The lowest BCUT2D eigenvalue weighted by Crippen LogP contribution is -2.12. The molecule has 1 aromatic rings. The van der Waals surface area contributed by atoms with Crippen LogP contribution in [0.1, 0.15) is 24.2 Å². The molecule has 15 heavy (non-hydrogen) atoms. The predicted octanol–water partition coefficient (Wildman–Crippen LogP) is 2.22. The molecule has 0 heterocycles. The Bertz CT molecular complexity index is 364. The van der Waals surface area contributed by atoms with Crippen LogP contribution in [-0.4, -0.2) is 12.6 Å². The molecule has 4 heteroatoms. The van der Waals surface area contributed by atoms with E-state index in [-0.39, 0.29) is 23.8 Å². The molecule has 0 saturated carbocycles. The fourth-order valence-electron chi connectivity index (χ4n) is 1.03. The number of hydrogen-bond acceptors (Lipinski definition) is 3. The number of rotatable bonds is 3. The second-order valence-corrected chi connectivity index (χ2v) is 3.70. The molecular weight excluding hydrogens is 197 g/mol. The number of carbonyl (C=O) groups is 1. The molecule has 0 unspecified atom stereocenters. The largest absolute Gasteiger partial charge is 0.462 e. The van der Waals surface area contributed by atoms with Crippen molar-refractivity contribution in [3.63, 3.8) is 0 Å². The van der Waals surface area contributed by atoms with Crippen LogP contribution in [0.25, 0.3) is 0 Å². The van der Waals surface area contributed by atoms with E-state index in [1.807, 2.05) is 13.8 Å². The summed E-state index contributed by atoms with van der Waals surface area (Å²) in [6.45, 7) is 4.08. The van der Waals surface area contributed by atoms with Crippen molar-refractivity contribution in [1.29, 1.82) is 0 Å². The quantitative estimate of drug-likeness (QED) is 0.616. The van der Waals surface area contributed by atoms with Gasteiger partial charge in [-0.1, -0.05) is 19.9 Å². The smallest absolute Gasteiger partial charge is 0.341 e. The van der Waals surface area contributed by atoms with Crippen LogP contribution in [0.2, 0.25) is 0 Å². The molecule has 2 N–H and O–H groups in total. The summed E-state index contributed by atoms with van der Waals surface area (Å²) < 4.78 is 18.2. The number of nitrogens with two attached hydrogens (primary N) is 1. The number of hydrogen-bond donors (Lipinski definition) is 1. The van der Waals surface area contributed by atoms with Crippen LogP contribution in [0.5, 0.6) is 0 Å². The lowest BCUT2D eigenvalue weighted by Gasteiger charge is -2.08. The summed E-state index contributed by atoms with van der Waals surface area (Å²) in [7, 11) is 0. The molecule has 0 amide bonds. The van der Waals surface area contributed by atoms with Gasteiger partial charge in [-0.15, -0.1) is 0 Å². The van der Waals surface area contributed by atoms with Gasteiger partial charge in [-0.05, 0) is 18.1 Å². The highest BCUT2D eigenvalue weighted by Gasteiger charge is 2.15. The van der Waals surface area contributed by atoms with E-state index < -0.39 is 11.8 Å². The first-order valence-electron chi connectivity index (χ1n) is 4.73. The van der Waals surface area contributed by atoms with Gasteiger partial charge < -0.3 is 10.5 Å². The maximum absolute atomic E-state index is 13.4. The van der Waals surface area contributed by atoms with Crippen molar-refractivity contribution in [2.24, 2.45) is 5.92 Å². The molecular formula is C11H14FNO2. The van der Waals surface area contributed by atoms with E-state index in [1.54, 1.807) is 0 Å². The molecule has 0 atom stereocenters. The third kappa shape index (κ3) is 2.94. The average molecular weight is 211 g/mol. The van der Waals surface area contributed by atoms with Crippen molar-refractivity contribution >= 4 is 11.7 Å². The monoisotopic (exact) mass is 211 g/mol. The molecule has 0 aliphatic heterocycles. The van der Waals surface area contributed by atoms with Crippen molar-refractivity contribution in [2.75, 3.05) is 12.3 Å². The Morgan fingerprint density at radius 2 is 2.20 bits per heavy atom. The van der Waals surface area contributed by atoms with Crippen LogP contribution >= 0.6 is 0 Å². The van der Waals surface area contributed by atoms with Crippen LogP contribution in [0.3, 0.4) is 0 Å². The molecule has 0 radical (unpaired) electrons. The van der Waals surface area contributed by atoms with E-state index in [2.05, 4.69) is 0 Å². The SMILES string of the molecule is CC(C)COC(=O)c1cccc(N)c1F. The maximum Gasteiger partial charge on any atom is 0.341 e. The zero-order valence-corrected chi connectivity index (χ0v) is 8.79. The van der Waals surface area contributed by atoms with E-state index in [0.717, 1.165) is 0 Å². The lowest BCUT2D eigenvalue weighted by molar-refractivity contribution is 0.0454. The van der Waals surface area contributed by atoms with Crippen LogP contribution < -0.4 is 5.73 Å². The molecule has 0 saturated heterocycles. The number of ether oxygens (including phenoxy) is 1. The lowest BCUT2D eigenvalue weighted by atomic mass is 10.2. The van der Waals surface area contributed by atoms with Gasteiger partial charge in [-0.25, -0.2) is 9.18 Å². The zero-order chi connectivity index (χ0) is 11.4. The Morgan fingerprint density at radius 3 is 2.80 bits per heavy atom. The topological polar surface area (TPSA) is 52.3 Å². The maximum atomic E-state index is 13.4. The summed E-state index contributed by atoms with van der Waals surface area (Å²) in [5.74, 6) is -1.17. The van der Waals surface area contributed by atoms with Gasteiger partial charge >= 0.3 is 5.97 Å². The summed E-state index contributed by atoms with van der Waals surface area (Å²) in [6, 6.07) is 4.27. The van der Waals surface area contributed by atoms with Crippen molar-refractivity contribution in [2.45, 2.75) is 13.8 Å². The van der Waals surface area contributed by atoms with E-state index in [0.29, 0.717) is 0 Å². The third-order valence-electron chi connectivity index (χ3n) is 1.80. The number of benzene rings is 1. The van der Waals surface area contributed by atoms with E-state index in [1.165, 1.54) is 18.2 Å². The second kappa shape index (κ2) is 4.77. The standard InChI is InChI=1S/C11H14FNO2/c1-7(2)6-15-11(14)8-4-3-5-9(13)10(8)12/h3-5,7H,6,13H2,1-2H3. The Hall–Kier alpha value is -1.58. The zero-order valence-electron chi connectivity index (χ0n) is 8.79. The second-order valence-electron chi connectivity index (χ2n) is 3.70. The van der Waals surface area contributed by atoms with Crippen LogP contribution in [-0.2, 0) is 4.74 Å². The highest BCUT2D eigenvalue weighted by atomic mass is 19.1. The van der Waals surface area contributed by atoms with Crippen molar-refractivity contribution < 1.29 is 13.9 Å². The Kier molecular flexibility index (Phi) is 3.66. The molecule has 0 spiro atoms. The average Bonchev–Trinajstić information content (AvgIpc) is 2.18. The number of carbonyl (C=O) groups excluding carboxylic acids is 1. The molecule has 0 aliphatic carbocycles. The van der Waals surface area contributed by atoms with E-state index in [4.69, 9.17) is 10.5 Å². The van der Waals surface area contributed by atoms with Gasteiger partial charge in [0, 0.05) is 0 Å². The fraction of sp³-hybridized carbons (Fsp3) is 0.364. The third-order valence-corrected chi connectivity index (χ3v) is 1.80. The Morgan fingerprint density at radius 1 is 1.53 bits per heavy atom. The first kappa shape index (κ1) is 11.5. The summed E-state index contributed by atoms with van der Waals surface area (Å²) in [6.07, 6.45) is 0. The van der Waals surface area contributed by atoms with Gasteiger partial charge in [-0.2, -0.15) is 0 Å². The summed E-state index contributed by atoms with van der Waals surface area (Å²) in [5, 5.41) is 0. The van der Waals surface area contributed by atoms with Crippen molar-refractivity contribution in [1.82, 2.24) is 0 Å². The molecule has 1 rings (SSSR count).